The topological polar surface area (TPSA) is 106 Å². The van der Waals surface area contributed by atoms with E-state index in [0.717, 1.165) is 17.9 Å². The summed E-state index contributed by atoms with van der Waals surface area (Å²) in [5, 5.41) is 15.9. The van der Waals surface area contributed by atoms with Gasteiger partial charge in [-0.3, -0.25) is 19.7 Å². The number of fused-ring (bicyclic) bond motifs is 3. The zero-order chi connectivity index (χ0) is 20.6. The minimum absolute atomic E-state index is 0.000123. The number of rotatable bonds is 4. The predicted octanol–water partition coefficient (Wildman–Crippen LogP) is 3.39. The van der Waals surface area contributed by atoms with Crippen LogP contribution in [0.1, 0.15) is 18.6 Å². The molecule has 1 saturated heterocycles. The van der Waals surface area contributed by atoms with Gasteiger partial charge in [-0.05, 0) is 54.4 Å². The van der Waals surface area contributed by atoms with E-state index in [2.05, 4.69) is 17.3 Å². The quantitative estimate of drug-likeness (QED) is 0.256. The maximum absolute atomic E-state index is 12.9. The number of hydrazone groups is 1. The first kappa shape index (κ1) is 17.3. The summed E-state index contributed by atoms with van der Waals surface area (Å²) in [4.78, 5) is 36.1. The molecular weight excluding hydrogens is 386 g/mol. The summed E-state index contributed by atoms with van der Waals surface area (Å²) in [6.45, 7) is 0. The minimum Gasteiger partial charge on any atom is -0.455 e. The molecule has 4 atom stereocenters. The fourth-order valence-corrected chi connectivity index (χ4v) is 5.62. The fourth-order valence-electron chi connectivity index (χ4n) is 5.62. The molecule has 4 aliphatic rings. The van der Waals surface area contributed by atoms with E-state index in [4.69, 9.17) is 4.42 Å². The Kier molecular flexibility index (Phi) is 3.32. The molecule has 3 fully saturated rings. The number of nitro benzene ring substituents is 1. The summed E-state index contributed by atoms with van der Waals surface area (Å²) in [5.41, 5.74) is 0.845. The van der Waals surface area contributed by atoms with Crippen molar-refractivity contribution in [2.75, 3.05) is 0 Å². The molecule has 0 radical (unpaired) electrons. The van der Waals surface area contributed by atoms with Gasteiger partial charge < -0.3 is 4.42 Å². The Morgan fingerprint density at radius 1 is 1.03 bits per heavy atom. The number of non-ortho nitro benzene ring substituents is 1. The van der Waals surface area contributed by atoms with Gasteiger partial charge in [-0.1, -0.05) is 12.2 Å². The first-order valence-electron chi connectivity index (χ1n) is 9.94. The molecule has 0 unspecified atom stereocenters. The average Bonchev–Trinajstić information content (AvgIpc) is 3.03. The number of carbonyl (C=O) groups excluding carboxylic acids is 2. The first-order chi connectivity index (χ1) is 14.5. The normalized spacial score (nSPS) is 30.1. The largest absolute Gasteiger partial charge is 0.455 e. The van der Waals surface area contributed by atoms with Crippen molar-refractivity contribution in [2.45, 2.75) is 12.8 Å². The molecule has 2 saturated carbocycles. The zero-order valence-corrected chi connectivity index (χ0v) is 15.8. The van der Waals surface area contributed by atoms with Gasteiger partial charge in [0.15, 0.2) is 0 Å². The molecule has 30 heavy (non-hydrogen) atoms. The number of nitro groups is 1. The summed E-state index contributed by atoms with van der Waals surface area (Å²) in [7, 11) is 0. The Morgan fingerprint density at radius 3 is 2.23 bits per heavy atom. The van der Waals surface area contributed by atoms with Crippen molar-refractivity contribution in [3.05, 3.63) is 64.4 Å². The van der Waals surface area contributed by atoms with Gasteiger partial charge in [0.2, 0.25) is 0 Å². The molecule has 150 valence electrons. The van der Waals surface area contributed by atoms with Crippen LogP contribution >= 0.6 is 0 Å². The van der Waals surface area contributed by atoms with E-state index in [1.165, 1.54) is 18.3 Å². The third-order valence-electron chi connectivity index (χ3n) is 7.12. The SMILES string of the molecule is O=C1[C@@H]2[C@@H](C(=O)N1/N=C\c1ccc(-c3ccc([N+](=O)[O-])cc3)o1)[C@@H]1C=C[C@H]2C12CC2. The summed E-state index contributed by atoms with van der Waals surface area (Å²) in [6, 6.07) is 9.40. The summed E-state index contributed by atoms with van der Waals surface area (Å²) < 4.78 is 5.71. The van der Waals surface area contributed by atoms with Gasteiger partial charge in [0.05, 0.1) is 23.0 Å². The molecule has 2 heterocycles. The van der Waals surface area contributed by atoms with Crippen molar-refractivity contribution >= 4 is 23.7 Å². The number of hydrogen-bond donors (Lipinski definition) is 0. The highest BCUT2D eigenvalue weighted by molar-refractivity contribution is 6.07. The van der Waals surface area contributed by atoms with E-state index in [9.17, 15) is 19.7 Å². The molecule has 2 amide bonds. The average molecular weight is 403 g/mol. The number of amides is 2. The van der Waals surface area contributed by atoms with Gasteiger partial charge in [-0.15, -0.1) is 0 Å². The van der Waals surface area contributed by atoms with E-state index < -0.39 is 4.92 Å². The molecule has 1 aliphatic heterocycles. The van der Waals surface area contributed by atoms with Crippen LogP contribution < -0.4 is 0 Å². The highest BCUT2D eigenvalue weighted by atomic mass is 16.6. The molecule has 1 aromatic heterocycles. The standard InChI is InChI=1S/C22H17N3O5/c26-20-18-15-6-7-16(22(15)9-10-22)19(18)21(27)24(20)23-11-14-5-8-17(30-14)12-1-3-13(4-2-12)25(28)29/h1-8,11,15-16,18-19H,9-10H2/b23-11-/t15-,16+,18-,19-/m0/s1. The summed E-state index contributed by atoms with van der Waals surface area (Å²) >= 11 is 0. The lowest BCUT2D eigenvalue weighted by Gasteiger charge is -2.18. The number of allylic oxidation sites excluding steroid dienone is 2. The molecule has 2 aromatic rings. The Hall–Kier alpha value is -3.55. The van der Waals surface area contributed by atoms with Gasteiger partial charge in [-0.2, -0.15) is 10.1 Å². The van der Waals surface area contributed by atoms with Gasteiger partial charge in [0.25, 0.3) is 17.5 Å². The van der Waals surface area contributed by atoms with Crippen LogP contribution in [0.5, 0.6) is 0 Å². The van der Waals surface area contributed by atoms with E-state index in [1.54, 1.807) is 24.3 Å². The molecule has 6 rings (SSSR count). The molecular formula is C22H17N3O5. The maximum Gasteiger partial charge on any atom is 0.269 e. The van der Waals surface area contributed by atoms with Gasteiger partial charge in [-0.25, -0.2) is 0 Å². The number of hydrogen-bond acceptors (Lipinski definition) is 6. The highest BCUT2D eigenvalue weighted by Gasteiger charge is 2.73. The van der Waals surface area contributed by atoms with Crippen LogP contribution in [0, 0.1) is 39.2 Å². The number of carbonyl (C=O) groups is 2. The van der Waals surface area contributed by atoms with E-state index in [-0.39, 0.29) is 46.6 Å². The second-order valence-corrected chi connectivity index (χ2v) is 8.46. The molecule has 2 bridgehead atoms. The maximum atomic E-state index is 12.9. The van der Waals surface area contributed by atoms with E-state index >= 15 is 0 Å². The van der Waals surface area contributed by atoms with Gasteiger partial charge >= 0.3 is 0 Å². The van der Waals surface area contributed by atoms with Crippen molar-refractivity contribution in [3.8, 4) is 11.3 Å². The van der Waals surface area contributed by atoms with Crippen LogP contribution in [-0.4, -0.2) is 28.0 Å². The molecule has 8 nitrogen and oxygen atoms in total. The number of nitrogens with zero attached hydrogens (tertiary/aromatic N) is 3. The van der Waals surface area contributed by atoms with Crippen molar-refractivity contribution in [3.63, 3.8) is 0 Å². The lowest BCUT2D eigenvalue weighted by molar-refractivity contribution is -0.384. The van der Waals surface area contributed by atoms with E-state index in [1.807, 2.05) is 0 Å². The molecule has 0 N–H and O–H groups in total. The lowest BCUT2D eigenvalue weighted by Crippen LogP contribution is -2.30. The van der Waals surface area contributed by atoms with Crippen LogP contribution in [0.2, 0.25) is 0 Å². The third kappa shape index (κ3) is 2.18. The Balaban J connectivity index is 1.21. The second-order valence-electron chi connectivity index (χ2n) is 8.46. The molecule has 3 aliphatic carbocycles. The Morgan fingerprint density at radius 2 is 1.67 bits per heavy atom. The number of imide groups is 1. The van der Waals surface area contributed by atoms with Crippen LogP contribution in [-0.2, 0) is 9.59 Å². The molecule has 1 spiro atoms. The zero-order valence-electron chi connectivity index (χ0n) is 15.8. The van der Waals surface area contributed by atoms with Crippen LogP contribution in [0.25, 0.3) is 11.3 Å². The van der Waals surface area contributed by atoms with Crippen molar-refractivity contribution in [1.82, 2.24) is 5.01 Å². The molecule has 1 aromatic carbocycles. The monoisotopic (exact) mass is 403 g/mol. The van der Waals surface area contributed by atoms with Gasteiger partial charge in [0, 0.05) is 17.7 Å². The van der Waals surface area contributed by atoms with E-state index in [0.29, 0.717) is 17.1 Å². The van der Waals surface area contributed by atoms with Crippen molar-refractivity contribution in [1.29, 1.82) is 0 Å². The molecule has 8 heteroatoms. The minimum atomic E-state index is -0.462. The lowest BCUT2D eigenvalue weighted by atomic mass is 9.85. The predicted molar refractivity (Wildman–Crippen MR) is 105 cm³/mol. The Bertz CT molecular complexity index is 1120. The van der Waals surface area contributed by atoms with Crippen LogP contribution in [0.3, 0.4) is 0 Å². The number of benzene rings is 1. The fraction of sp³-hybridized carbons (Fsp3) is 0.318. The smallest absolute Gasteiger partial charge is 0.269 e. The summed E-state index contributed by atoms with van der Waals surface area (Å²) in [5.74, 6) is 0.251. The second kappa shape index (κ2) is 5.75. The highest BCUT2D eigenvalue weighted by Crippen LogP contribution is 2.73. The third-order valence-corrected chi connectivity index (χ3v) is 7.12. The van der Waals surface area contributed by atoms with Gasteiger partial charge in [0.1, 0.15) is 11.5 Å². The summed E-state index contributed by atoms with van der Waals surface area (Å²) in [6.07, 6.45) is 7.82. The van der Waals surface area contributed by atoms with Crippen LogP contribution in [0.15, 0.2) is 58.1 Å². The number of furan rings is 1. The first-order valence-corrected chi connectivity index (χ1v) is 9.94. The van der Waals surface area contributed by atoms with Crippen LogP contribution in [0.4, 0.5) is 5.69 Å². The van der Waals surface area contributed by atoms with Crippen molar-refractivity contribution in [2.24, 2.45) is 34.2 Å². The van der Waals surface area contributed by atoms with Crippen molar-refractivity contribution < 1.29 is 18.9 Å². The Labute approximate surface area is 171 Å².